The van der Waals surface area contributed by atoms with Gasteiger partial charge in [-0.15, -0.1) is 0 Å². The normalized spacial score (nSPS) is 14.3. The van der Waals surface area contributed by atoms with Gasteiger partial charge in [0.15, 0.2) is 0 Å². The van der Waals surface area contributed by atoms with Crippen LogP contribution in [-0.2, 0) is 16.0 Å². The second kappa shape index (κ2) is 4.84. The molecule has 0 spiro atoms. The van der Waals surface area contributed by atoms with Gasteiger partial charge in [-0.1, -0.05) is 0 Å². The van der Waals surface area contributed by atoms with E-state index in [1.54, 1.807) is 25.4 Å². The molecule has 0 radical (unpaired) electrons. The van der Waals surface area contributed by atoms with E-state index in [-0.39, 0.29) is 12.5 Å². The molecule has 0 aliphatic carbocycles. The van der Waals surface area contributed by atoms with Gasteiger partial charge in [0.2, 0.25) is 0 Å². The molecule has 5 nitrogen and oxygen atoms in total. The summed E-state index contributed by atoms with van der Waals surface area (Å²) in [5.41, 5.74) is 4.82. The number of aromatic nitrogens is 2. The zero-order valence-electron chi connectivity index (χ0n) is 8.93. The first-order chi connectivity index (χ1) is 7.12. The Labute approximate surface area is 88.7 Å². The van der Waals surface area contributed by atoms with Crippen molar-refractivity contribution in [3.8, 4) is 0 Å². The molecule has 0 amide bonds. The zero-order valence-corrected chi connectivity index (χ0v) is 8.93. The predicted molar refractivity (Wildman–Crippen MR) is 54.9 cm³/mol. The van der Waals surface area contributed by atoms with E-state index in [2.05, 4.69) is 9.97 Å². The number of hydrogen-bond donors (Lipinski definition) is 1. The van der Waals surface area contributed by atoms with Crippen molar-refractivity contribution in [3.05, 3.63) is 24.3 Å². The van der Waals surface area contributed by atoms with E-state index < -0.39 is 5.41 Å². The van der Waals surface area contributed by atoms with Gasteiger partial charge in [0.25, 0.3) is 0 Å². The molecule has 82 valence electrons. The third kappa shape index (κ3) is 2.73. The summed E-state index contributed by atoms with van der Waals surface area (Å²) in [4.78, 5) is 19.6. The molecule has 1 unspecified atom stereocenters. The van der Waals surface area contributed by atoms with Gasteiger partial charge in [-0.2, -0.15) is 0 Å². The number of methoxy groups -OCH3 is 1. The van der Waals surface area contributed by atoms with Gasteiger partial charge in [0, 0.05) is 25.4 Å². The third-order valence-corrected chi connectivity index (χ3v) is 2.30. The van der Waals surface area contributed by atoms with E-state index in [1.165, 1.54) is 7.11 Å². The van der Waals surface area contributed by atoms with E-state index in [0.29, 0.717) is 12.2 Å². The van der Waals surface area contributed by atoms with Crippen LogP contribution in [0.25, 0.3) is 0 Å². The lowest BCUT2D eigenvalue weighted by atomic mass is 9.86. The number of rotatable bonds is 4. The van der Waals surface area contributed by atoms with Gasteiger partial charge in [0.1, 0.15) is 5.82 Å². The third-order valence-electron chi connectivity index (χ3n) is 2.30. The van der Waals surface area contributed by atoms with Crippen LogP contribution in [0.2, 0.25) is 0 Å². The van der Waals surface area contributed by atoms with Crippen molar-refractivity contribution in [2.75, 3.05) is 13.7 Å². The summed E-state index contributed by atoms with van der Waals surface area (Å²) >= 11 is 0. The van der Waals surface area contributed by atoms with Crippen LogP contribution in [0.15, 0.2) is 18.5 Å². The number of carbonyl (C=O) groups excluding carboxylic acids is 1. The highest BCUT2D eigenvalue weighted by atomic mass is 16.5. The zero-order chi connectivity index (χ0) is 11.3. The molecule has 1 atom stereocenters. The molecule has 1 aromatic rings. The van der Waals surface area contributed by atoms with Gasteiger partial charge >= 0.3 is 5.97 Å². The van der Waals surface area contributed by atoms with Crippen molar-refractivity contribution >= 4 is 5.97 Å². The first-order valence-corrected chi connectivity index (χ1v) is 4.67. The Morgan fingerprint density at radius 2 is 2.13 bits per heavy atom. The Hall–Kier alpha value is -1.49. The lowest BCUT2D eigenvalue weighted by Crippen LogP contribution is -2.39. The van der Waals surface area contributed by atoms with Crippen LogP contribution in [0.4, 0.5) is 0 Å². The minimum Gasteiger partial charge on any atom is -0.469 e. The molecule has 0 saturated carbocycles. The minimum absolute atomic E-state index is 0.206. The summed E-state index contributed by atoms with van der Waals surface area (Å²) in [6, 6.07) is 1.72. The monoisotopic (exact) mass is 209 g/mol. The van der Waals surface area contributed by atoms with Gasteiger partial charge in [-0.3, -0.25) is 4.79 Å². The van der Waals surface area contributed by atoms with Crippen molar-refractivity contribution in [2.45, 2.75) is 13.3 Å². The molecule has 0 aliphatic rings. The van der Waals surface area contributed by atoms with Crippen molar-refractivity contribution < 1.29 is 9.53 Å². The summed E-state index contributed by atoms with van der Waals surface area (Å²) < 4.78 is 4.70. The van der Waals surface area contributed by atoms with Gasteiger partial charge < -0.3 is 10.5 Å². The molecular weight excluding hydrogens is 194 g/mol. The van der Waals surface area contributed by atoms with E-state index in [4.69, 9.17) is 10.5 Å². The maximum Gasteiger partial charge on any atom is 0.313 e. The van der Waals surface area contributed by atoms with Crippen LogP contribution in [0.1, 0.15) is 12.7 Å². The van der Waals surface area contributed by atoms with E-state index in [1.807, 2.05) is 0 Å². The topological polar surface area (TPSA) is 78.1 Å². The first-order valence-electron chi connectivity index (χ1n) is 4.67. The maximum atomic E-state index is 11.5. The van der Waals surface area contributed by atoms with E-state index >= 15 is 0 Å². The van der Waals surface area contributed by atoms with Crippen LogP contribution in [0, 0.1) is 5.41 Å². The quantitative estimate of drug-likeness (QED) is 0.714. The molecule has 0 saturated heterocycles. The highest BCUT2D eigenvalue weighted by Gasteiger charge is 2.34. The molecule has 15 heavy (non-hydrogen) atoms. The van der Waals surface area contributed by atoms with Crippen LogP contribution in [-0.4, -0.2) is 29.6 Å². The predicted octanol–water partition coefficient (Wildman–Crippen LogP) is 0.157. The Kier molecular flexibility index (Phi) is 3.74. The fourth-order valence-corrected chi connectivity index (χ4v) is 1.24. The van der Waals surface area contributed by atoms with Crippen molar-refractivity contribution in [1.82, 2.24) is 9.97 Å². The van der Waals surface area contributed by atoms with Gasteiger partial charge in [-0.05, 0) is 13.0 Å². The fourth-order valence-electron chi connectivity index (χ4n) is 1.24. The maximum absolute atomic E-state index is 11.5. The Morgan fingerprint density at radius 1 is 1.53 bits per heavy atom. The Balaban J connectivity index is 2.81. The highest BCUT2D eigenvalue weighted by molar-refractivity contribution is 5.76. The SMILES string of the molecule is COC(=O)C(C)(CN)Cc1ncccn1. The minimum atomic E-state index is -0.754. The average Bonchev–Trinajstić information content (AvgIpc) is 2.29. The molecular formula is C10H15N3O2. The van der Waals surface area contributed by atoms with Crippen molar-refractivity contribution in [2.24, 2.45) is 11.1 Å². The molecule has 0 aliphatic heterocycles. The van der Waals surface area contributed by atoms with Gasteiger partial charge in [0.05, 0.1) is 12.5 Å². The number of carbonyl (C=O) groups is 1. The molecule has 0 fully saturated rings. The largest absolute Gasteiger partial charge is 0.469 e. The summed E-state index contributed by atoms with van der Waals surface area (Å²) in [5.74, 6) is 0.258. The van der Waals surface area contributed by atoms with Crippen LogP contribution in [0.3, 0.4) is 0 Å². The number of ether oxygens (including phenoxy) is 1. The van der Waals surface area contributed by atoms with Crippen molar-refractivity contribution in [3.63, 3.8) is 0 Å². The first kappa shape index (κ1) is 11.6. The highest BCUT2D eigenvalue weighted by Crippen LogP contribution is 2.20. The number of nitrogens with two attached hydrogens (primary N) is 1. The fraction of sp³-hybridized carbons (Fsp3) is 0.500. The van der Waals surface area contributed by atoms with Crippen LogP contribution < -0.4 is 5.73 Å². The number of esters is 1. The molecule has 1 aromatic heterocycles. The second-order valence-corrected chi connectivity index (χ2v) is 3.60. The van der Waals surface area contributed by atoms with E-state index in [0.717, 1.165) is 0 Å². The standard InChI is InChI=1S/C10H15N3O2/c1-10(7-11,9(14)15-2)6-8-12-4-3-5-13-8/h3-5H,6-7,11H2,1-2H3. The number of nitrogens with zero attached hydrogens (tertiary/aromatic N) is 2. The molecule has 5 heteroatoms. The summed E-state index contributed by atoms with van der Waals surface area (Å²) in [5, 5.41) is 0. The molecule has 2 N–H and O–H groups in total. The summed E-state index contributed by atoms with van der Waals surface area (Å²) in [6.45, 7) is 1.95. The second-order valence-electron chi connectivity index (χ2n) is 3.60. The average molecular weight is 209 g/mol. The summed E-state index contributed by atoms with van der Waals surface area (Å²) in [6.07, 6.45) is 3.66. The van der Waals surface area contributed by atoms with Crippen LogP contribution in [0.5, 0.6) is 0 Å². The molecule has 0 bridgehead atoms. The molecule has 1 rings (SSSR count). The molecule has 1 heterocycles. The van der Waals surface area contributed by atoms with Crippen molar-refractivity contribution in [1.29, 1.82) is 0 Å². The Morgan fingerprint density at radius 3 is 2.60 bits per heavy atom. The molecule has 0 aromatic carbocycles. The van der Waals surface area contributed by atoms with Crippen LogP contribution >= 0.6 is 0 Å². The summed E-state index contributed by atoms with van der Waals surface area (Å²) in [7, 11) is 1.35. The smallest absolute Gasteiger partial charge is 0.313 e. The van der Waals surface area contributed by atoms with Gasteiger partial charge in [-0.25, -0.2) is 9.97 Å². The lowest BCUT2D eigenvalue weighted by molar-refractivity contribution is -0.151. The van der Waals surface area contributed by atoms with E-state index in [9.17, 15) is 4.79 Å². The number of hydrogen-bond acceptors (Lipinski definition) is 5. The Bertz CT molecular complexity index is 329. The lowest BCUT2D eigenvalue weighted by Gasteiger charge is -2.23.